The van der Waals surface area contributed by atoms with Crippen LogP contribution in [0.25, 0.3) is 11.7 Å². The van der Waals surface area contributed by atoms with E-state index in [1.807, 2.05) is 4.90 Å². The first-order valence-corrected chi connectivity index (χ1v) is 8.82. The molecule has 0 amide bonds. The molecule has 3 aromatic heterocycles. The van der Waals surface area contributed by atoms with E-state index in [0.29, 0.717) is 48.5 Å². The molecule has 1 fully saturated rings. The van der Waals surface area contributed by atoms with E-state index in [-0.39, 0.29) is 23.9 Å². The molecule has 3 aromatic rings. The Balaban J connectivity index is 1.88. The van der Waals surface area contributed by atoms with E-state index in [9.17, 15) is 14.6 Å². The first kappa shape index (κ1) is 18.2. The molecule has 148 valence electrons. The van der Waals surface area contributed by atoms with Gasteiger partial charge in [0.2, 0.25) is 11.6 Å². The highest BCUT2D eigenvalue weighted by Crippen LogP contribution is 2.22. The number of methoxy groups -OCH3 is 1. The van der Waals surface area contributed by atoms with Crippen molar-refractivity contribution >= 4 is 17.7 Å². The molecule has 0 bridgehead atoms. The van der Waals surface area contributed by atoms with E-state index in [0.717, 1.165) is 0 Å². The van der Waals surface area contributed by atoms with Crippen molar-refractivity contribution in [2.75, 3.05) is 38.3 Å². The normalized spacial score (nSPS) is 18.6. The monoisotopic (exact) mass is 389 g/mol. The Kier molecular flexibility index (Phi) is 4.82. The number of nitrogens with one attached hydrogen (secondary N) is 1. The number of aromatic hydroxyl groups is 2. The first-order valence-electron chi connectivity index (χ1n) is 8.82. The second-order valence-corrected chi connectivity index (χ2v) is 6.47. The molecule has 1 aliphatic rings. The van der Waals surface area contributed by atoms with Crippen molar-refractivity contribution in [3.05, 3.63) is 28.7 Å². The third-order valence-corrected chi connectivity index (χ3v) is 4.45. The maximum Gasteiger partial charge on any atom is 0.250 e. The smallest absolute Gasteiger partial charge is 0.250 e. The highest BCUT2D eigenvalue weighted by atomic mass is 19.1. The number of hydrogen-bond donors (Lipinski definition) is 3. The van der Waals surface area contributed by atoms with Crippen LogP contribution in [0.3, 0.4) is 0 Å². The predicted molar refractivity (Wildman–Crippen MR) is 97.7 cm³/mol. The lowest BCUT2D eigenvalue weighted by atomic mass is 10.2. The second-order valence-electron chi connectivity index (χ2n) is 6.47. The van der Waals surface area contributed by atoms with Crippen LogP contribution in [0.1, 0.15) is 12.0 Å². The molecule has 0 radical (unpaired) electrons. The average molecular weight is 389 g/mol. The van der Waals surface area contributed by atoms with Crippen molar-refractivity contribution in [1.82, 2.24) is 24.6 Å². The third kappa shape index (κ3) is 3.48. The van der Waals surface area contributed by atoms with E-state index in [4.69, 9.17) is 4.74 Å². The van der Waals surface area contributed by atoms with Crippen LogP contribution in [-0.4, -0.2) is 74.3 Å². The van der Waals surface area contributed by atoms with Gasteiger partial charge in [0.15, 0.2) is 17.4 Å². The fraction of sp³-hybridized carbons (Fsp3) is 0.412. The van der Waals surface area contributed by atoms with Gasteiger partial charge in [-0.05, 0) is 12.5 Å². The Morgan fingerprint density at radius 3 is 2.96 bits per heavy atom. The molecule has 10 nitrogen and oxygen atoms in total. The summed E-state index contributed by atoms with van der Waals surface area (Å²) in [5, 5.41) is 24.3. The van der Waals surface area contributed by atoms with Gasteiger partial charge in [-0.25, -0.2) is 9.38 Å². The summed E-state index contributed by atoms with van der Waals surface area (Å²) in [7, 11) is 1.58. The summed E-state index contributed by atoms with van der Waals surface area (Å²) in [5.74, 6) is 0.134. The maximum absolute atomic E-state index is 13.7. The van der Waals surface area contributed by atoms with E-state index < -0.39 is 6.17 Å². The molecule has 0 saturated carbocycles. The lowest BCUT2D eigenvalue weighted by Crippen LogP contribution is -2.29. The number of halogens is 1. The third-order valence-electron chi connectivity index (χ3n) is 4.45. The fourth-order valence-electron chi connectivity index (χ4n) is 3.11. The van der Waals surface area contributed by atoms with Crippen LogP contribution in [0, 0.1) is 0 Å². The minimum atomic E-state index is -0.916. The minimum absolute atomic E-state index is 0.156. The number of ether oxygens (including phenoxy) is 1. The maximum atomic E-state index is 13.7. The Morgan fingerprint density at radius 2 is 2.29 bits per heavy atom. The molecule has 1 aliphatic heterocycles. The molecule has 0 spiro atoms. The zero-order valence-corrected chi connectivity index (χ0v) is 15.2. The molecule has 1 saturated heterocycles. The zero-order chi connectivity index (χ0) is 19.7. The summed E-state index contributed by atoms with van der Waals surface area (Å²) in [6, 6.07) is 1.39. The fourth-order valence-corrected chi connectivity index (χ4v) is 3.11. The molecule has 1 atom stereocenters. The number of hydrogen-bond acceptors (Lipinski definition) is 8. The van der Waals surface area contributed by atoms with E-state index in [1.54, 1.807) is 19.4 Å². The predicted octanol–water partition coefficient (Wildman–Crippen LogP) is -0.493. The summed E-state index contributed by atoms with van der Waals surface area (Å²) in [6.07, 6.45) is 2.71. The number of rotatable bonds is 5. The van der Waals surface area contributed by atoms with Gasteiger partial charge in [-0.1, -0.05) is 0 Å². The molecular weight excluding hydrogens is 369 g/mol. The summed E-state index contributed by atoms with van der Waals surface area (Å²) < 4.78 is 20.3. The number of nitrogens with zero attached hydrogens (tertiary/aromatic N) is 6. The largest absolute Gasteiger partial charge is 0.494 e. The van der Waals surface area contributed by atoms with Crippen molar-refractivity contribution in [2.45, 2.75) is 12.6 Å². The van der Waals surface area contributed by atoms with Crippen molar-refractivity contribution in [3.63, 3.8) is 0 Å². The van der Waals surface area contributed by atoms with Crippen LogP contribution in [0.5, 0.6) is 11.8 Å². The summed E-state index contributed by atoms with van der Waals surface area (Å²) in [4.78, 5) is 17.5. The van der Waals surface area contributed by atoms with E-state index >= 15 is 0 Å². The summed E-state index contributed by atoms with van der Waals surface area (Å²) in [5.41, 5.74) is 1.09. The molecule has 0 aromatic carbocycles. The van der Waals surface area contributed by atoms with E-state index in [1.165, 1.54) is 10.6 Å². The number of aromatic amines is 1. The Morgan fingerprint density at radius 1 is 1.43 bits per heavy atom. The van der Waals surface area contributed by atoms with Gasteiger partial charge >= 0.3 is 0 Å². The van der Waals surface area contributed by atoms with Crippen LogP contribution in [0.15, 0.2) is 17.3 Å². The van der Waals surface area contributed by atoms with Gasteiger partial charge in [0, 0.05) is 30.5 Å². The number of alkyl halides is 1. The van der Waals surface area contributed by atoms with Crippen molar-refractivity contribution in [2.24, 2.45) is 4.99 Å². The molecule has 3 N–H and O–H groups in total. The number of H-pyrrole nitrogens is 1. The van der Waals surface area contributed by atoms with Gasteiger partial charge in [0.05, 0.1) is 25.9 Å². The summed E-state index contributed by atoms with van der Waals surface area (Å²) in [6.45, 7) is 1.57. The quantitative estimate of drug-likeness (QED) is 0.503. The van der Waals surface area contributed by atoms with Crippen LogP contribution in [0.4, 0.5) is 10.3 Å². The topological polar surface area (TPSA) is 124 Å². The highest BCUT2D eigenvalue weighted by Gasteiger charge is 2.25. The zero-order valence-electron chi connectivity index (χ0n) is 15.2. The average Bonchev–Trinajstić information content (AvgIpc) is 3.35. The Labute approximate surface area is 158 Å². The van der Waals surface area contributed by atoms with E-state index in [2.05, 4.69) is 25.0 Å². The van der Waals surface area contributed by atoms with Gasteiger partial charge in [-0.3, -0.25) is 4.98 Å². The van der Waals surface area contributed by atoms with Crippen LogP contribution < -0.4 is 15.7 Å². The molecule has 0 aliphatic carbocycles. The number of fused-ring (bicyclic) bond motifs is 1. The molecular formula is C17H20FN7O3. The molecule has 1 unspecified atom stereocenters. The van der Waals surface area contributed by atoms with Crippen LogP contribution in [-0.2, 0) is 4.74 Å². The van der Waals surface area contributed by atoms with Crippen molar-refractivity contribution in [1.29, 1.82) is 0 Å². The van der Waals surface area contributed by atoms with Gasteiger partial charge in [0.25, 0.3) is 0 Å². The standard InChI is InChI=1S/C17H20FN7O3/c1-28-5-3-19-16-22-14-11(6-10-7-13(26)21-15(10)27)8-20-25(14)17(23-16)24-4-2-12(18)9-24/h6-8,12,21,26-27H,2-5,9H2,1H3. The number of aromatic nitrogens is 5. The minimum Gasteiger partial charge on any atom is -0.494 e. The van der Waals surface area contributed by atoms with Gasteiger partial charge < -0.3 is 19.8 Å². The molecule has 28 heavy (non-hydrogen) atoms. The highest BCUT2D eigenvalue weighted by molar-refractivity contribution is 5.61. The molecule has 11 heteroatoms. The Hall–Kier alpha value is -3.21. The lowest BCUT2D eigenvalue weighted by molar-refractivity contribution is 0.207. The summed E-state index contributed by atoms with van der Waals surface area (Å²) >= 11 is 0. The van der Waals surface area contributed by atoms with Crippen molar-refractivity contribution in [3.8, 4) is 11.8 Å². The first-order chi connectivity index (χ1) is 13.5. The second kappa shape index (κ2) is 7.43. The number of anilines is 1. The lowest BCUT2D eigenvalue weighted by Gasteiger charge is -2.16. The van der Waals surface area contributed by atoms with Gasteiger partial charge in [0.1, 0.15) is 6.17 Å². The van der Waals surface area contributed by atoms with Gasteiger partial charge in [-0.2, -0.15) is 19.6 Å². The van der Waals surface area contributed by atoms with Crippen molar-refractivity contribution < 1.29 is 19.3 Å². The van der Waals surface area contributed by atoms with Crippen LogP contribution >= 0.6 is 0 Å². The Bertz CT molecular complexity index is 1110. The molecule has 4 heterocycles. The molecule has 4 rings (SSSR count). The van der Waals surface area contributed by atoms with Gasteiger partial charge in [-0.15, -0.1) is 0 Å². The SMILES string of the molecule is COCCN=c1nc(N2CCC(F)C2)n2ncc(=Cc3cc(O)[nH]c3O)c2n1. The van der Waals surface area contributed by atoms with Crippen LogP contribution in [0.2, 0.25) is 0 Å².